The summed E-state index contributed by atoms with van der Waals surface area (Å²) in [7, 11) is 1.60. The lowest BCUT2D eigenvalue weighted by molar-refractivity contribution is -0.120. The number of rotatable bonds is 7. The van der Waals surface area contributed by atoms with Crippen molar-refractivity contribution in [3.63, 3.8) is 0 Å². The highest BCUT2D eigenvalue weighted by Gasteiger charge is 2.23. The minimum atomic E-state index is -0.399. The molecule has 0 saturated carbocycles. The third-order valence-electron chi connectivity index (χ3n) is 3.74. The third kappa shape index (κ3) is 3.82. The molecular formula is C19H20O3. The normalized spacial score (nSPS) is 11.7. The van der Waals surface area contributed by atoms with Gasteiger partial charge in [-0.3, -0.25) is 9.59 Å². The van der Waals surface area contributed by atoms with Crippen molar-refractivity contribution in [1.29, 1.82) is 0 Å². The molecule has 0 bridgehead atoms. The predicted molar refractivity (Wildman–Crippen MR) is 86.4 cm³/mol. The van der Waals surface area contributed by atoms with Gasteiger partial charge in [-0.25, -0.2) is 0 Å². The van der Waals surface area contributed by atoms with Gasteiger partial charge in [0.1, 0.15) is 11.5 Å². The number of hydrogen-bond acceptors (Lipinski definition) is 3. The van der Waals surface area contributed by atoms with Crippen LogP contribution < -0.4 is 4.74 Å². The fourth-order valence-corrected chi connectivity index (χ4v) is 2.43. The Morgan fingerprint density at radius 1 is 1.00 bits per heavy atom. The van der Waals surface area contributed by atoms with Crippen molar-refractivity contribution >= 4 is 11.6 Å². The number of carbonyl (C=O) groups excluding carboxylic acids is 2. The molecule has 0 amide bonds. The zero-order valence-corrected chi connectivity index (χ0v) is 12.9. The van der Waals surface area contributed by atoms with Crippen LogP contribution in [0.3, 0.4) is 0 Å². The highest BCUT2D eigenvalue weighted by molar-refractivity contribution is 6.00. The average Bonchev–Trinajstić information content (AvgIpc) is 2.59. The van der Waals surface area contributed by atoms with E-state index in [1.54, 1.807) is 19.2 Å². The number of methoxy groups -OCH3 is 1. The molecule has 2 rings (SSSR count). The first-order valence-corrected chi connectivity index (χ1v) is 7.40. The van der Waals surface area contributed by atoms with Crippen molar-refractivity contribution < 1.29 is 14.3 Å². The Kier molecular flexibility index (Phi) is 5.48. The van der Waals surface area contributed by atoms with E-state index in [0.29, 0.717) is 12.0 Å². The number of Topliss-reactive ketones (excluding diaryl/α,β-unsaturated/α-hetero) is 2. The van der Waals surface area contributed by atoms with Gasteiger partial charge in [0.2, 0.25) is 0 Å². The molecule has 0 N–H and O–H groups in total. The smallest absolute Gasteiger partial charge is 0.163 e. The summed E-state index contributed by atoms with van der Waals surface area (Å²) >= 11 is 0. The molecule has 22 heavy (non-hydrogen) atoms. The van der Waals surface area contributed by atoms with Gasteiger partial charge >= 0.3 is 0 Å². The second-order valence-electron chi connectivity index (χ2n) is 5.14. The molecule has 0 radical (unpaired) electrons. The van der Waals surface area contributed by atoms with Crippen LogP contribution in [-0.2, 0) is 4.79 Å². The summed E-state index contributed by atoms with van der Waals surface area (Å²) in [5.41, 5.74) is 1.50. The van der Waals surface area contributed by atoms with Gasteiger partial charge in [-0.05, 0) is 17.7 Å². The molecule has 0 spiro atoms. The van der Waals surface area contributed by atoms with E-state index < -0.39 is 5.92 Å². The van der Waals surface area contributed by atoms with Crippen molar-refractivity contribution in [3.05, 3.63) is 65.7 Å². The Labute approximate surface area is 130 Å². The van der Waals surface area contributed by atoms with Crippen LogP contribution in [0.25, 0.3) is 0 Å². The summed E-state index contributed by atoms with van der Waals surface area (Å²) in [6.45, 7) is 1.83. The van der Waals surface area contributed by atoms with Crippen LogP contribution in [0.5, 0.6) is 5.75 Å². The van der Waals surface area contributed by atoms with Gasteiger partial charge in [0.15, 0.2) is 5.78 Å². The Morgan fingerprint density at radius 3 is 2.18 bits per heavy atom. The average molecular weight is 296 g/mol. The molecule has 0 fully saturated rings. The zero-order valence-electron chi connectivity index (χ0n) is 12.9. The molecule has 114 valence electrons. The van der Waals surface area contributed by atoms with Gasteiger partial charge in [0.25, 0.3) is 0 Å². The molecule has 3 nitrogen and oxygen atoms in total. The van der Waals surface area contributed by atoms with E-state index in [4.69, 9.17) is 4.74 Å². The number of ether oxygens (including phenoxy) is 1. The van der Waals surface area contributed by atoms with Crippen molar-refractivity contribution in [1.82, 2.24) is 0 Å². The second kappa shape index (κ2) is 7.55. The SMILES string of the molecule is CCC(=O)[C@H](CC(=O)c1ccccc1)c1ccc(OC)cc1. The summed E-state index contributed by atoms with van der Waals surface area (Å²) in [5, 5.41) is 0. The first-order valence-electron chi connectivity index (χ1n) is 7.40. The van der Waals surface area contributed by atoms with Crippen LogP contribution in [0, 0.1) is 0 Å². The second-order valence-corrected chi connectivity index (χ2v) is 5.14. The Hall–Kier alpha value is -2.42. The molecule has 0 heterocycles. The van der Waals surface area contributed by atoms with E-state index in [9.17, 15) is 9.59 Å². The van der Waals surface area contributed by atoms with Gasteiger partial charge < -0.3 is 4.74 Å². The first kappa shape index (κ1) is 16.0. The molecule has 0 aliphatic carbocycles. The van der Waals surface area contributed by atoms with Gasteiger partial charge in [0, 0.05) is 24.3 Å². The van der Waals surface area contributed by atoms with E-state index in [-0.39, 0.29) is 18.0 Å². The van der Waals surface area contributed by atoms with Crippen molar-refractivity contribution in [2.75, 3.05) is 7.11 Å². The van der Waals surface area contributed by atoms with Crippen LogP contribution in [0.1, 0.15) is 41.6 Å². The largest absolute Gasteiger partial charge is 0.497 e. The molecular weight excluding hydrogens is 276 g/mol. The highest BCUT2D eigenvalue weighted by atomic mass is 16.5. The molecule has 2 aromatic rings. The summed E-state index contributed by atoms with van der Waals surface area (Å²) in [6.07, 6.45) is 0.613. The monoisotopic (exact) mass is 296 g/mol. The topological polar surface area (TPSA) is 43.4 Å². The van der Waals surface area contributed by atoms with E-state index in [1.807, 2.05) is 49.4 Å². The van der Waals surface area contributed by atoms with Crippen LogP contribution >= 0.6 is 0 Å². The van der Waals surface area contributed by atoms with E-state index >= 15 is 0 Å². The number of ketones is 2. The third-order valence-corrected chi connectivity index (χ3v) is 3.74. The molecule has 0 saturated heterocycles. The molecule has 0 aliphatic rings. The Balaban J connectivity index is 2.22. The summed E-state index contributed by atoms with van der Waals surface area (Å²) < 4.78 is 5.13. The molecule has 2 aromatic carbocycles. The Morgan fingerprint density at radius 2 is 1.64 bits per heavy atom. The lowest BCUT2D eigenvalue weighted by Crippen LogP contribution is -2.16. The summed E-state index contributed by atoms with van der Waals surface area (Å²) in [4.78, 5) is 24.6. The lowest BCUT2D eigenvalue weighted by Gasteiger charge is -2.15. The van der Waals surface area contributed by atoms with Gasteiger partial charge in [0.05, 0.1) is 7.11 Å². The van der Waals surface area contributed by atoms with Crippen LogP contribution in [0.2, 0.25) is 0 Å². The fraction of sp³-hybridized carbons (Fsp3) is 0.263. The Bertz CT molecular complexity index is 629. The zero-order chi connectivity index (χ0) is 15.9. The van der Waals surface area contributed by atoms with E-state index in [0.717, 1.165) is 11.3 Å². The lowest BCUT2D eigenvalue weighted by atomic mass is 9.87. The molecule has 1 atom stereocenters. The van der Waals surface area contributed by atoms with Crippen molar-refractivity contribution in [3.8, 4) is 5.75 Å². The summed E-state index contributed by atoms with van der Waals surface area (Å²) in [6, 6.07) is 16.4. The van der Waals surface area contributed by atoms with Crippen LogP contribution in [0.4, 0.5) is 0 Å². The van der Waals surface area contributed by atoms with E-state index in [2.05, 4.69) is 0 Å². The van der Waals surface area contributed by atoms with Crippen LogP contribution in [0.15, 0.2) is 54.6 Å². The number of hydrogen-bond donors (Lipinski definition) is 0. The minimum Gasteiger partial charge on any atom is -0.497 e. The van der Waals surface area contributed by atoms with E-state index in [1.165, 1.54) is 0 Å². The molecule has 0 aliphatic heterocycles. The van der Waals surface area contributed by atoms with Gasteiger partial charge in [-0.2, -0.15) is 0 Å². The maximum Gasteiger partial charge on any atom is 0.163 e. The quantitative estimate of drug-likeness (QED) is 0.724. The standard InChI is InChI=1S/C19H20O3/c1-3-18(20)17(14-9-11-16(22-2)12-10-14)13-19(21)15-7-5-4-6-8-15/h4-12,17H,3,13H2,1-2H3/t17-/m1/s1. The fourth-order valence-electron chi connectivity index (χ4n) is 2.43. The number of benzene rings is 2. The predicted octanol–water partition coefficient (Wildman–Crippen LogP) is 4.03. The summed E-state index contributed by atoms with van der Waals surface area (Å²) in [5.74, 6) is 0.405. The molecule has 3 heteroatoms. The van der Waals surface area contributed by atoms with Crippen molar-refractivity contribution in [2.24, 2.45) is 0 Å². The van der Waals surface area contributed by atoms with Crippen LogP contribution in [-0.4, -0.2) is 18.7 Å². The highest BCUT2D eigenvalue weighted by Crippen LogP contribution is 2.26. The van der Waals surface area contributed by atoms with Crippen molar-refractivity contribution in [2.45, 2.75) is 25.7 Å². The first-order chi connectivity index (χ1) is 10.7. The maximum absolute atomic E-state index is 12.4. The molecule has 0 aromatic heterocycles. The van der Waals surface area contributed by atoms with Gasteiger partial charge in [-0.1, -0.05) is 49.4 Å². The maximum atomic E-state index is 12.4. The minimum absolute atomic E-state index is 0.0109. The number of carbonyl (C=O) groups is 2. The molecule has 0 unspecified atom stereocenters. The van der Waals surface area contributed by atoms with Gasteiger partial charge in [-0.15, -0.1) is 0 Å².